The van der Waals surface area contributed by atoms with Crippen LogP contribution in [-0.2, 0) is 4.79 Å². The molecule has 0 aromatic carbocycles. The summed E-state index contributed by atoms with van der Waals surface area (Å²) >= 11 is 1.99. The second kappa shape index (κ2) is 2.95. The van der Waals surface area contributed by atoms with E-state index < -0.39 is 5.97 Å². The highest BCUT2D eigenvalue weighted by atomic mass is 32.2. The van der Waals surface area contributed by atoms with Crippen LogP contribution in [-0.4, -0.2) is 22.1 Å². The molecule has 0 unspecified atom stereocenters. The minimum atomic E-state index is -0.621. The summed E-state index contributed by atoms with van der Waals surface area (Å²) in [7, 11) is 0. The first kappa shape index (κ1) is 8.42. The maximum Gasteiger partial charge on any atom is 0.303 e. The number of rotatable bonds is 5. The van der Waals surface area contributed by atoms with E-state index in [1.165, 1.54) is 12.8 Å². The Bertz CT molecular complexity index is 195. The first-order chi connectivity index (χ1) is 5.70. The van der Waals surface area contributed by atoms with Gasteiger partial charge in [0.25, 0.3) is 0 Å². The Kier molecular flexibility index (Phi) is 2.07. The third-order valence-corrected chi connectivity index (χ3v) is 4.35. The van der Waals surface area contributed by atoms with Crippen LogP contribution in [0.4, 0.5) is 0 Å². The summed E-state index contributed by atoms with van der Waals surface area (Å²) in [6.45, 7) is 0. The van der Waals surface area contributed by atoms with Crippen LogP contribution in [0.1, 0.15) is 32.1 Å². The van der Waals surface area contributed by atoms with Gasteiger partial charge in [-0.3, -0.25) is 4.79 Å². The Morgan fingerprint density at radius 3 is 2.58 bits per heavy atom. The van der Waals surface area contributed by atoms with Gasteiger partial charge in [-0.2, -0.15) is 11.8 Å². The van der Waals surface area contributed by atoms with Gasteiger partial charge in [-0.15, -0.1) is 0 Å². The summed E-state index contributed by atoms with van der Waals surface area (Å²) in [4.78, 5) is 10.5. The SMILES string of the molecule is O=C(O)CC1(CSC2CC2)CC1. The number of carboxylic acids is 1. The van der Waals surface area contributed by atoms with E-state index in [2.05, 4.69) is 0 Å². The van der Waals surface area contributed by atoms with Crippen molar-refractivity contribution in [1.29, 1.82) is 0 Å². The molecule has 3 heteroatoms. The third-order valence-electron chi connectivity index (χ3n) is 2.63. The smallest absolute Gasteiger partial charge is 0.303 e. The number of hydrogen-bond acceptors (Lipinski definition) is 2. The van der Waals surface area contributed by atoms with E-state index in [1.54, 1.807) is 0 Å². The lowest BCUT2D eigenvalue weighted by Gasteiger charge is -2.10. The molecule has 0 radical (unpaired) electrons. The van der Waals surface area contributed by atoms with Crippen LogP contribution in [0, 0.1) is 5.41 Å². The Morgan fingerprint density at radius 2 is 2.17 bits per heavy atom. The van der Waals surface area contributed by atoms with Crippen molar-refractivity contribution in [2.24, 2.45) is 5.41 Å². The van der Waals surface area contributed by atoms with Crippen molar-refractivity contribution in [3.05, 3.63) is 0 Å². The average molecular weight is 186 g/mol. The first-order valence-electron chi connectivity index (χ1n) is 4.54. The summed E-state index contributed by atoms with van der Waals surface area (Å²) in [6, 6.07) is 0. The number of aliphatic carboxylic acids is 1. The quantitative estimate of drug-likeness (QED) is 0.714. The minimum Gasteiger partial charge on any atom is -0.481 e. The molecule has 2 aliphatic carbocycles. The molecule has 68 valence electrons. The number of hydrogen-bond donors (Lipinski definition) is 1. The Morgan fingerprint density at radius 1 is 1.50 bits per heavy atom. The van der Waals surface area contributed by atoms with Crippen LogP contribution in [0.5, 0.6) is 0 Å². The monoisotopic (exact) mass is 186 g/mol. The zero-order valence-corrected chi connectivity index (χ0v) is 7.90. The molecule has 0 atom stereocenters. The van der Waals surface area contributed by atoms with E-state index in [4.69, 9.17) is 5.11 Å². The van der Waals surface area contributed by atoms with Crippen LogP contribution in [0.15, 0.2) is 0 Å². The second-order valence-corrected chi connectivity index (χ2v) is 5.37. The minimum absolute atomic E-state index is 0.207. The molecule has 2 saturated carbocycles. The summed E-state index contributed by atoms with van der Waals surface area (Å²) in [5, 5.41) is 9.53. The summed E-state index contributed by atoms with van der Waals surface area (Å²) < 4.78 is 0. The highest BCUT2D eigenvalue weighted by Crippen LogP contribution is 2.53. The molecule has 0 heterocycles. The fraction of sp³-hybridized carbons (Fsp3) is 0.889. The van der Waals surface area contributed by atoms with Crippen molar-refractivity contribution >= 4 is 17.7 Å². The van der Waals surface area contributed by atoms with Crippen molar-refractivity contribution in [2.75, 3.05) is 5.75 Å². The van der Waals surface area contributed by atoms with Gasteiger partial charge < -0.3 is 5.11 Å². The van der Waals surface area contributed by atoms with Crippen LogP contribution in [0.3, 0.4) is 0 Å². The number of carboxylic acid groups (broad SMARTS) is 1. The maximum atomic E-state index is 10.5. The molecule has 2 fully saturated rings. The highest BCUT2D eigenvalue weighted by molar-refractivity contribution is 8.00. The lowest BCUT2D eigenvalue weighted by Crippen LogP contribution is -2.11. The van der Waals surface area contributed by atoms with Gasteiger partial charge in [0, 0.05) is 5.25 Å². The van der Waals surface area contributed by atoms with E-state index in [0.717, 1.165) is 23.8 Å². The van der Waals surface area contributed by atoms with Crippen molar-refractivity contribution in [3.8, 4) is 0 Å². The number of carbonyl (C=O) groups is 1. The molecular weight excluding hydrogens is 172 g/mol. The Hall–Kier alpha value is -0.180. The molecule has 1 N–H and O–H groups in total. The van der Waals surface area contributed by atoms with E-state index in [-0.39, 0.29) is 5.41 Å². The lowest BCUT2D eigenvalue weighted by atomic mass is 10.1. The molecule has 0 aromatic rings. The van der Waals surface area contributed by atoms with Crippen LogP contribution in [0.25, 0.3) is 0 Å². The van der Waals surface area contributed by atoms with E-state index in [9.17, 15) is 4.79 Å². The van der Waals surface area contributed by atoms with Crippen LogP contribution >= 0.6 is 11.8 Å². The predicted molar refractivity (Wildman–Crippen MR) is 49.4 cm³/mol. The molecular formula is C9H14O2S. The average Bonchev–Trinajstić information content (AvgIpc) is 2.76. The molecule has 2 aliphatic rings. The van der Waals surface area contributed by atoms with Gasteiger partial charge in [-0.1, -0.05) is 0 Å². The van der Waals surface area contributed by atoms with E-state index >= 15 is 0 Å². The predicted octanol–water partition coefficient (Wildman–Crippen LogP) is 2.14. The van der Waals surface area contributed by atoms with Crippen molar-refractivity contribution < 1.29 is 9.90 Å². The molecule has 2 rings (SSSR count). The maximum absolute atomic E-state index is 10.5. The van der Waals surface area contributed by atoms with Gasteiger partial charge in [-0.05, 0) is 36.9 Å². The molecule has 0 amide bonds. The Labute approximate surface area is 76.7 Å². The molecule has 0 saturated heterocycles. The highest BCUT2D eigenvalue weighted by Gasteiger charge is 2.45. The normalized spacial score (nSPS) is 25.3. The second-order valence-electron chi connectivity index (χ2n) is 4.08. The van der Waals surface area contributed by atoms with Gasteiger partial charge in [0.1, 0.15) is 0 Å². The van der Waals surface area contributed by atoms with Gasteiger partial charge in [0.05, 0.1) is 6.42 Å². The van der Waals surface area contributed by atoms with Crippen molar-refractivity contribution in [1.82, 2.24) is 0 Å². The molecule has 2 nitrogen and oxygen atoms in total. The van der Waals surface area contributed by atoms with Crippen molar-refractivity contribution in [2.45, 2.75) is 37.4 Å². The lowest BCUT2D eigenvalue weighted by molar-refractivity contribution is -0.138. The number of thioether (sulfide) groups is 1. The Balaban J connectivity index is 1.72. The first-order valence-corrected chi connectivity index (χ1v) is 5.59. The molecule has 0 aliphatic heterocycles. The standard InChI is InChI=1S/C9H14O2S/c10-8(11)5-9(3-4-9)6-12-7-1-2-7/h7H,1-6H2,(H,10,11). The molecule has 12 heavy (non-hydrogen) atoms. The fourth-order valence-corrected chi connectivity index (χ4v) is 2.85. The van der Waals surface area contributed by atoms with Crippen LogP contribution in [0.2, 0.25) is 0 Å². The summed E-state index contributed by atoms with van der Waals surface area (Å²) in [6.07, 6.45) is 5.38. The largest absolute Gasteiger partial charge is 0.481 e. The van der Waals surface area contributed by atoms with E-state index in [1.807, 2.05) is 11.8 Å². The van der Waals surface area contributed by atoms with Gasteiger partial charge in [0.2, 0.25) is 0 Å². The zero-order valence-electron chi connectivity index (χ0n) is 7.08. The zero-order chi connectivity index (χ0) is 8.60. The summed E-state index contributed by atoms with van der Waals surface area (Å²) in [5.41, 5.74) is 0.207. The molecule has 0 spiro atoms. The van der Waals surface area contributed by atoms with Gasteiger partial charge in [-0.25, -0.2) is 0 Å². The van der Waals surface area contributed by atoms with Crippen LogP contribution < -0.4 is 0 Å². The topological polar surface area (TPSA) is 37.3 Å². The van der Waals surface area contributed by atoms with E-state index in [0.29, 0.717) is 6.42 Å². The third kappa shape index (κ3) is 2.16. The fourth-order valence-electron chi connectivity index (χ4n) is 1.40. The van der Waals surface area contributed by atoms with Gasteiger partial charge >= 0.3 is 5.97 Å². The molecule has 0 bridgehead atoms. The molecule has 0 aromatic heterocycles. The summed E-state index contributed by atoms with van der Waals surface area (Å²) in [5.74, 6) is 0.466. The van der Waals surface area contributed by atoms with Gasteiger partial charge in [0.15, 0.2) is 0 Å². The van der Waals surface area contributed by atoms with Crippen molar-refractivity contribution in [3.63, 3.8) is 0 Å².